The third-order valence-corrected chi connectivity index (χ3v) is 7.58. The van der Waals surface area contributed by atoms with E-state index in [1.165, 1.54) is 13.4 Å². The first-order chi connectivity index (χ1) is 21.0. The number of fused-ring (bicyclic) bond motifs is 1. The van der Waals surface area contributed by atoms with Gasteiger partial charge in [-0.1, -0.05) is 19.9 Å². The molecule has 3 atom stereocenters. The number of ketones is 1. The maximum Gasteiger partial charge on any atom is 0.342 e. The van der Waals surface area contributed by atoms with E-state index in [1.807, 2.05) is 19.9 Å². The highest BCUT2D eigenvalue weighted by molar-refractivity contribution is 6.02. The zero-order chi connectivity index (χ0) is 32.0. The number of rotatable bonds is 13. The van der Waals surface area contributed by atoms with Crippen LogP contribution < -0.4 is 20.7 Å². The number of Topliss-reactive ketones (excluding diaryl/α,β-unsaturated/α-hetero) is 1. The molecule has 234 valence electrons. The molecule has 13 nitrogen and oxygen atoms in total. The second-order valence-electron chi connectivity index (χ2n) is 11.3. The molecular weight excluding hydrogens is 568 g/mol. The molecule has 0 spiro atoms. The van der Waals surface area contributed by atoms with Gasteiger partial charge >= 0.3 is 5.97 Å². The molecule has 0 unspecified atom stereocenters. The molecule has 1 aromatic carbocycles. The molecule has 1 fully saturated rings. The van der Waals surface area contributed by atoms with Crippen LogP contribution in [0.2, 0.25) is 0 Å². The third-order valence-electron chi connectivity index (χ3n) is 7.58. The van der Waals surface area contributed by atoms with Gasteiger partial charge in [0.15, 0.2) is 12.4 Å². The monoisotopic (exact) mass is 606 g/mol. The minimum absolute atomic E-state index is 0.0177. The minimum atomic E-state index is -1.14. The van der Waals surface area contributed by atoms with Crippen LogP contribution in [0.4, 0.5) is 0 Å². The molecule has 3 amide bonds. The van der Waals surface area contributed by atoms with E-state index in [-0.39, 0.29) is 35.9 Å². The molecule has 0 saturated carbocycles. The van der Waals surface area contributed by atoms with Crippen molar-refractivity contribution < 1.29 is 33.4 Å². The van der Waals surface area contributed by atoms with Gasteiger partial charge < -0.3 is 30.4 Å². The van der Waals surface area contributed by atoms with Gasteiger partial charge in [0.1, 0.15) is 29.4 Å². The van der Waals surface area contributed by atoms with Gasteiger partial charge in [-0.05, 0) is 57.2 Å². The van der Waals surface area contributed by atoms with Crippen molar-refractivity contribution in [2.45, 2.75) is 59.0 Å². The summed E-state index contributed by atoms with van der Waals surface area (Å²) in [6.45, 7) is 6.89. The van der Waals surface area contributed by atoms with Crippen molar-refractivity contribution in [2.75, 3.05) is 20.3 Å². The van der Waals surface area contributed by atoms with E-state index in [2.05, 4.69) is 30.9 Å². The number of benzene rings is 1. The molecule has 1 saturated heterocycles. The predicted octanol–water partition coefficient (Wildman–Crippen LogP) is 2.16. The van der Waals surface area contributed by atoms with Crippen LogP contribution in [-0.4, -0.2) is 76.8 Å². The summed E-state index contributed by atoms with van der Waals surface area (Å²) in [4.78, 5) is 76.4. The van der Waals surface area contributed by atoms with Crippen molar-refractivity contribution >= 4 is 40.4 Å². The molecular formula is C31H38N6O7. The number of hydrogen-bond acceptors (Lipinski definition) is 9. The first-order valence-electron chi connectivity index (χ1n) is 14.5. The molecule has 0 bridgehead atoms. The first kappa shape index (κ1) is 32.1. The number of aromatic nitrogens is 3. The fraction of sp³-hybridized carbons (Fsp3) is 0.452. The number of aryl methyl sites for hydroxylation is 2. The number of amides is 3. The van der Waals surface area contributed by atoms with Crippen LogP contribution in [0.15, 0.2) is 30.6 Å². The Hall–Kier alpha value is -4.81. The number of aromatic amines is 1. The smallest absolute Gasteiger partial charge is 0.342 e. The molecule has 0 radical (unpaired) electrons. The zero-order valence-corrected chi connectivity index (χ0v) is 25.5. The first-order valence-corrected chi connectivity index (χ1v) is 14.5. The number of methoxy groups -OCH3 is 1. The van der Waals surface area contributed by atoms with E-state index in [0.29, 0.717) is 41.0 Å². The van der Waals surface area contributed by atoms with Crippen LogP contribution in [0.1, 0.15) is 65.3 Å². The largest absolute Gasteiger partial charge is 0.496 e. The Morgan fingerprint density at radius 1 is 1.07 bits per heavy atom. The highest BCUT2D eigenvalue weighted by Gasteiger charge is 2.34. The summed E-state index contributed by atoms with van der Waals surface area (Å²) in [7, 11) is 1.54. The third kappa shape index (κ3) is 7.57. The van der Waals surface area contributed by atoms with Crippen molar-refractivity contribution in [3.05, 3.63) is 53.2 Å². The summed E-state index contributed by atoms with van der Waals surface area (Å²) in [5, 5.41) is 8.96. The summed E-state index contributed by atoms with van der Waals surface area (Å²) in [6.07, 6.45) is 2.12. The fourth-order valence-electron chi connectivity index (χ4n) is 5.26. The van der Waals surface area contributed by atoms with E-state index in [4.69, 9.17) is 9.47 Å². The van der Waals surface area contributed by atoms with Crippen LogP contribution in [0.25, 0.3) is 10.9 Å². The molecule has 3 aromatic rings. The molecule has 4 rings (SSSR count). The topological polar surface area (TPSA) is 181 Å². The Bertz CT molecular complexity index is 1550. The van der Waals surface area contributed by atoms with Crippen molar-refractivity contribution in [1.29, 1.82) is 0 Å². The van der Waals surface area contributed by atoms with E-state index in [0.717, 1.165) is 0 Å². The average Bonchev–Trinajstić information content (AvgIpc) is 3.60. The molecule has 3 heterocycles. The fourth-order valence-corrected chi connectivity index (χ4v) is 5.26. The van der Waals surface area contributed by atoms with E-state index in [1.54, 1.807) is 32.0 Å². The van der Waals surface area contributed by atoms with Crippen LogP contribution in [-0.2, 0) is 19.1 Å². The number of H-pyrrole nitrogens is 1. The van der Waals surface area contributed by atoms with Gasteiger partial charge in [0.25, 0.3) is 5.91 Å². The standard InChI is InChI=1S/C31H38N6O7/c1-16(2)11-23(37-30(41)24-13-20-21(35-24)7-6-8-26(20)43-5)29(40)36-22(12-19-9-10-32-28(19)39)25(38)14-44-31(42)27-17(3)33-15-34-18(27)4/h6-8,13,15-16,19,22-23,35H,9-12,14H2,1-5H3,(H,32,39)(H,36,40)(H,37,41)/t19-,22-,23-/m0/s1. The van der Waals surface area contributed by atoms with E-state index in [9.17, 15) is 24.0 Å². The van der Waals surface area contributed by atoms with E-state index >= 15 is 0 Å². The van der Waals surface area contributed by atoms with Crippen LogP contribution in [0.3, 0.4) is 0 Å². The molecule has 0 aliphatic carbocycles. The van der Waals surface area contributed by atoms with Gasteiger partial charge in [-0.15, -0.1) is 0 Å². The predicted molar refractivity (Wildman–Crippen MR) is 160 cm³/mol. The summed E-state index contributed by atoms with van der Waals surface area (Å²) in [6, 6.07) is 4.91. The number of carbonyl (C=O) groups excluding carboxylic acids is 5. The lowest BCUT2D eigenvalue weighted by molar-refractivity contribution is -0.131. The van der Waals surface area contributed by atoms with Crippen molar-refractivity contribution in [2.24, 2.45) is 11.8 Å². The SMILES string of the molecule is COc1cccc2[nH]c(C(=O)N[C@@H](CC(C)C)C(=O)N[C@@H](C[C@@H]3CCNC3=O)C(=O)COC(=O)c3c(C)ncnc3C)cc12. The maximum absolute atomic E-state index is 13.6. The molecule has 4 N–H and O–H groups in total. The Morgan fingerprint density at radius 2 is 1.80 bits per heavy atom. The minimum Gasteiger partial charge on any atom is -0.496 e. The van der Waals surface area contributed by atoms with Crippen LogP contribution in [0.5, 0.6) is 5.75 Å². The van der Waals surface area contributed by atoms with Gasteiger partial charge in [0.2, 0.25) is 11.8 Å². The lowest BCUT2D eigenvalue weighted by atomic mass is 9.95. The Morgan fingerprint density at radius 3 is 2.43 bits per heavy atom. The Balaban J connectivity index is 1.50. The second kappa shape index (κ2) is 14.1. The van der Waals surface area contributed by atoms with Gasteiger partial charge in [-0.2, -0.15) is 0 Å². The Kier molecular flexibility index (Phi) is 10.3. The summed E-state index contributed by atoms with van der Waals surface area (Å²) in [5.41, 5.74) is 1.90. The lowest BCUT2D eigenvalue weighted by Crippen LogP contribution is -2.53. The summed E-state index contributed by atoms with van der Waals surface area (Å²) >= 11 is 0. The van der Waals surface area contributed by atoms with Gasteiger partial charge in [0, 0.05) is 23.4 Å². The highest BCUT2D eigenvalue weighted by atomic mass is 16.5. The highest BCUT2D eigenvalue weighted by Crippen LogP contribution is 2.26. The van der Waals surface area contributed by atoms with Crippen LogP contribution >= 0.6 is 0 Å². The number of ether oxygens (including phenoxy) is 2. The molecule has 44 heavy (non-hydrogen) atoms. The van der Waals surface area contributed by atoms with Crippen molar-refractivity contribution in [1.82, 2.24) is 30.9 Å². The molecule has 1 aliphatic rings. The van der Waals surface area contributed by atoms with Gasteiger partial charge in [-0.25, -0.2) is 14.8 Å². The average molecular weight is 607 g/mol. The zero-order valence-electron chi connectivity index (χ0n) is 25.5. The van der Waals surface area contributed by atoms with E-state index < -0.39 is 48.2 Å². The Labute approximate surface area is 254 Å². The number of nitrogens with zero attached hydrogens (tertiary/aromatic N) is 2. The summed E-state index contributed by atoms with van der Waals surface area (Å²) in [5.74, 6) is -2.57. The molecule has 1 aliphatic heterocycles. The lowest BCUT2D eigenvalue weighted by Gasteiger charge is -2.25. The second-order valence-corrected chi connectivity index (χ2v) is 11.3. The molecule has 2 aromatic heterocycles. The quantitative estimate of drug-likeness (QED) is 0.212. The van der Waals surface area contributed by atoms with Gasteiger partial charge in [-0.3, -0.25) is 19.2 Å². The number of hydrogen-bond donors (Lipinski definition) is 4. The van der Waals surface area contributed by atoms with Crippen molar-refractivity contribution in [3.63, 3.8) is 0 Å². The number of carbonyl (C=O) groups is 5. The number of esters is 1. The normalized spacial score (nSPS) is 15.9. The summed E-state index contributed by atoms with van der Waals surface area (Å²) < 4.78 is 10.7. The number of nitrogens with one attached hydrogen (secondary N) is 4. The van der Waals surface area contributed by atoms with Crippen molar-refractivity contribution in [3.8, 4) is 5.75 Å². The van der Waals surface area contributed by atoms with Crippen LogP contribution in [0, 0.1) is 25.7 Å². The maximum atomic E-state index is 13.6. The molecule has 13 heteroatoms. The van der Waals surface area contributed by atoms with Gasteiger partial charge in [0.05, 0.1) is 24.5 Å².